The zero-order chi connectivity index (χ0) is 26.6. The van der Waals surface area contributed by atoms with Crippen LogP contribution < -0.4 is 21.7 Å². The van der Waals surface area contributed by atoms with Gasteiger partial charge in [0.25, 0.3) is 5.91 Å². The summed E-state index contributed by atoms with van der Waals surface area (Å²) in [6.07, 6.45) is 1.10. The standard InChI is InChI=1S/C25H38N4O6/c1-16(2)21(26)23(32)29-19(9-7-8-14-27-24(33)35-25(3,4)5)22(31)28-18-12-10-17(11-13-18)15-20(30)34-6/h10-13,19H,7-9,14-15,26H2,1-6H3,(H,27,33)(H,28,31)(H,29,32)/t19-/m0/s1. The number of amides is 3. The van der Waals surface area contributed by atoms with E-state index in [0.29, 0.717) is 37.1 Å². The molecule has 3 amide bonds. The molecule has 0 saturated carbocycles. The number of carbonyl (C=O) groups excluding carboxylic acids is 4. The molecule has 0 spiro atoms. The smallest absolute Gasteiger partial charge is 0.407 e. The minimum Gasteiger partial charge on any atom is -0.469 e. The van der Waals surface area contributed by atoms with Gasteiger partial charge in [-0.2, -0.15) is 0 Å². The molecule has 0 fully saturated rings. The minimum absolute atomic E-state index is 0.0570. The lowest BCUT2D eigenvalue weighted by atomic mass is 10.1. The fraction of sp³-hybridized carbons (Fsp3) is 0.520. The van der Waals surface area contributed by atoms with Crippen molar-refractivity contribution in [3.63, 3.8) is 0 Å². The number of esters is 1. The second kappa shape index (κ2) is 14.0. The van der Waals surface area contributed by atoms with E-state index in [1.807, 2.05) is 0 Å². The largest absolute Gasteiger partial charge is 0.469 e. The Morgan fingerprint density at radius 3 is 2.20 bits per heavy atom. The van der Waals surface area contributed by atoms with Gasteiger partial charge in [0.15, 0.2) is 0 Å². The van der Waals surface area contributed by atoms with E-state index in [9.17, 15) is 19.2 Å². The summed E-state index contributed by atoms with van der Waals surface area (Å²) >= 11 is 0. The van der Waals surface area contributed by atoms with Gasteiger partial charge in [0.2, 0.25) is 5.91 Å². The van der Waals surface area contributed by atoms with Crippen LogP contribution in [-0.2, 0) is 30.3 Å². The molecule has 0 radical (unpaired) electrons. The van der Waals surface area contributed by atoms with Gasteiger partial charge < -0.3 is 31.2 Å². The number of anilines is 1. The average molecular weight is 491 g/mol. The summed E-state index contributed by atoms with van der Waals surface area (Å²) in [5.74, 6) is -1.28. The number of carbonyl (C=O) groups is 4. The number of methoxy groups -OCH3 is 1. The third kappa shape index (κ3) is 11.9. The van der Waals surface area contributed by atoms with Crippen LogP contribution in [0.15, 0.2) is 35.5 Å². The van der Waals surface area contributed by atoms with Crippen LogP contribution in [0, 0.1) is 0 Å². The summed E-state index contributed by atoms with van der Waals surface area (Å²) in [5, 5.41) is 8.13. The Bertz CT molecular complexity index is 915. The monoisotopic (exact) mass is 490 g/mol. The predicted molar refractivity (Wildman–Crippen MR) is 133 cm³/mol. The first kappa shape index (κ1) is 29.5. The number of benzene rings is 1. The molecule has 1 rings (SSSR count). The predicted octanol–water partition coefficient (Wildman–Crippen LogP) is 2.77. The van der Waals surface area contributed by atoms with Crippen LogP contribution in [0.3, 0.4) is 0 Å². The Hall–Kier alpha value is -3.56. The van der Waals surface area contributed by atoms with Crippen molar-refractivity contribution in [1.29, 1.82) is 0 Å². The Balaban J connectivity index is 2.74. The van der Waals surface area contributed by atoms with E-state index in [1.54, 1.807) is 58.9 Å². The molecule has 194 valence electrons. The zero-order valence-corrected chi connectivity index (χ0v) is 21.4. The SMILES string of the molecule is COC(=O)Cc1ccc(NC(=O)[C@H](CCCCNC(=O)OC(C)(C)C)NC(=O)C(N)=C(C)C)cc1. The maximum absolute atomic E-state index is 12.9. The number of allylic oxidation sites excluding steroid dienone is 1. The Morgan fingerprint density at radius 2 is 1.66 bits per heavy atom. The van der Waals surface area contributed by atoms with Crippen LogP contribution in [0.25, 0.3) is 0 Å². The van der Waals surface area contributed by atoms with Crippen molar-refractivity contribution in [3.05, 3.63) is 41.1 Å². The number of nitrogens with one attached hydrogen (secondary N) is 3. The zero-order valence-electron chi connectivity index (χ0n) is 21.4. The summed E-state index contributed by atoms with van der Waals surface area (Å²) in [6.45, 7) is 9.13. The van der Waals surface area contributed by atoms with Gasteiger partial charge in [-0.1, -0.05) is 12.1 Å². The van der Waals surface area contributed by atoms with E-state index in [0.717, 1.165) is 5.56 Å². The highest BCUT2D eigenvalue weighted by atomic mass is 16.6. The Kier molecular flexibility index (Phi) is 11.8. The molecule has 0 unspecified atom stereocenters. The van der Waals surface area contributed by atoms with Crippen molar-refractivity contribution >= 4 is 29.6 Å². The summed E-state index contributed by atoms with van der Waals surface area (Å²) < 4.78 is 9.84. The molecule has 0 saturated heterocycles. The Labute approximate surface area is 207 Å². The molecule has 1 atom stereocenters. The third-order valence-electron chi connectivity index (χ3n) is 4.79. The topological polar surface area (TPSA) is 149 Å². The van der Waals surface area contributed by atoms with E-state index in [-0.39, 0.29) is 18.1 Å². The summed E-state index contributed by atoms with van der Waals surface area (Å²) in [5.41, 5.74) is 7.20. The fourth-order valence-electron chi connectivity index (χ4n) is 2.88. The summed E-state index contributed by atoms with van der Waals surface area (Å²) in [7, 11) is 1.32. The highest BCUT2D eigenvalue weighted by Crippen LogP contribution is 2.13. The van der Waals surface area contributed by atoms with E-state index in [4.69, 9.17) is 10.5 Å². The molecule has 0 aliphatic heterocycles. The van der Waals surface area contributed by atoms with Crippen molar-refractivity contribution in [3.8, 4) is 0 Å². The highest BCUT2D eigenvalue weighted by molar-refractivity contribution is 6.00. The molecule has 0 aliphatic rings. The number of alkyl carbamates (subject to hydrolysis) is 1. The molecule has 5 N–H and O–H groups in total. The molecular weight excluding hydrogens is 452 g/mol. The van der Waals surface area contributed by atoms with Crippen LogP contribution in [0.5, 0.6) is 0 Å². The van der Waals surface area contributed by atoms with Crippen LogP contribution in [0.4, 0.5) is 10.5 Å². The molecule has 35 heavy (non-hydrogen) atoms. The van der Waals surface area contributed by atoms with Gasteiger partial charge in [0.05, 0.1) is 19.2 Å². The number of hydrogen-bond acceptors (Lipinski definition) is 7. The number of nitrogens with two attached hydrogens (primary N) is 1. The molecule has 1 aromatic carbocycles. The molecule has 0 aromatic heterocycles. The van der Waals surface area contributed by atoms with E-state index in [1.165, 1.54) is 7.11 Å². The maximum Gasteiger partial charge on any atom is 0.407 e. The molecule has 0 heterocycles. The van der Waals surface area contributed by atoms with E-state index < -0.39 is 29.6 Å². The van der Waals surface area contributed by atoms with Gasteiger partial charge in [-0.3, -0.25) is 14.4 Å². The lowest BCUT2D eigenvalue weighted by molar-refractivity contribution is -0.139. The van der Waals surface area contributed by atoms with Crippen LogP contribution in [0.1, 0.15) is 59.4 Å². The van der Waals surface area contributed by atoms with Crippen LogP contribution in [0.2, 0.25) is 0 Å². The molecule has 10 heteroatoms. The van der Waals surface area contributed by atoms with Gasteiger partial charge >= 0.3 is 12.1 Å². The lowest BCUT2D eigenvalue weighted by Gasteiger charge is -2.20. The average Bonchev–Trinajstić information content (AvgIpc) is 2.77. The first-order valence-electron chi connectivity index (χ1n) is 11.5. The first-order chi connectivity index (χ1) is 16.3. The molecular formula is C25H38N4O6. The van der Waals surface area contributed by atoms with Gasteiger partial charge in [-0.25, -0.2) is 4.79 Å². The van der Waals surface area contributed by atoms with Crippen molar-refractivity contribution in [2.24, 2.45) is 5.73 Å². The van der Waals surface area contributed by atoms with Crippen molar-refractivity contribution in [2.45, 2.75) is 71.9 Å². The number of ether oxygens (including phenoxy) is 2. The number of hydrogen-bond donors (Lipinski definition) is 4. The molecule has 1 aromatic rings. The molecule has 10 nitrogen and oxygen atoms in total. The normalized spacial score (nSPS) is 11.6. The van der Waals surface area contributed by atoms with Crippen molar-refractivity contribution in [1.82, 2.24) is 10.6 Å². The van der Waals surface area contributed by atoms with Crippen molar-refractivity contribution in [2.75, 3.05) is 19.0 Å². The second-order valence-corrected chi connectivity index (χ2v) is 9.30. The number of unbranched alkanes of at least 4 members (excludes halogenated alkanes) is 1. The van der Waals surface area contributed by atoms with E-state index in [2.05, 4.69) is 20.7 Å². The fourth-order valence-corrected chi connectivity index (χ4v) is 2.88. The lowest BCUT2D eigenvalue weighted by Crippen LogP contribution is -2.45. The highest BCUT2D eigenvalue weighted by Gasteiger charge is 2.22. The maximum atomic E-state index is 12.9. The quantitative estimate of drug-likeness (QED) is 0.212. The van der Waals surface area contributed by atoms with Gasteiger partial charge in [-0.15, -0.1) is 0 Å². The minimum atomic E-state index is -0.836. The van der Waals surface area contributed by atoms with E-state index >= 15 is 0 Å². The van der Waals surface area contributed by atoms with Gasteiger partial charge in [-0.05, 0) is 77.2 Å². The molecule has 0 aliphatic carbocycles. The Morgan fingerprint density at radius 1 is 1.03 bits per heavy atom. The third-order valence-corrected chi connectivity index (χ3v) is 4.79. The van der Waals surface area contributed by atoms with Gasteiger partial charge in [0.1, 0.15) is 11.6 Å². The van der Waals surface area contributed by atoms with Crippen LogP contribution in [-0.4, -0.2) is 49.2 Å². The van der Waals surface area contributed by atoms with Crippen LogP contribution >= 0.6 is 0 Å². The summed E-state index contributed by atoms with van der Waals surface area (Å²) in [4.78, 5) is 48.5. The first-order valence-corrected chi connectivity index (χ1v) is 11.5. The summed E-state index contributed by atoms with van der Waals surface area (Å²) in [6, 6.07) is 5.93. The van der Waals surface area contributed by atoms with Crippen molar-refractivity contribution < 1.29 is 28.7 Å². The van der Waals surface area contributed by atoms with Gasteiger partial charge in [0, 0.05) is 12.2 Å². The molecule has 0 bridgehead atoms. The number of rotatable bonds is 11. The second-order valence-electron chi connectivity index (χ2n) is 9.30.